The Balaban J connectivity index is 2.16. The molecule has 0 fully saturated rings. The third-order valence-electron chi connectivity index (χ3n) is 4.80. The number of fused-ring (bicyclic) bond motifs is 5. The topological polar surface area (TPSA) is 58.1 Å². The second-order valence-electron chi connectivity index (χ2n) is 7.14. The molecule has 3 aromatic rings. The van der Waals surface area contributed by atoms with Gasteiger partial charge in [-0.3, -0.25) is 4.98 Å². The van der Waals surface area contributed by atoms with Gasteiger partial charge in [-0.05, 0) is 31.2 Å². The maximum atomic E-state index is 11.5. The summed E-state index contributed by atoms with van der Waals surface area (Å²) in [4.78, 5) is 19.8. The lowest BCUT2D eigenvalue weighted by Crippen LogP contribution is -2.26. The predicted molar refractivity (Wildman–Crippen MR) is 89.0 cm³/mol. The maximum absolute atomic E-state index is 11.5. The van der Waals surface area contributed by atoms with Crippen LogP contribution in [0.4, 0.5) is 0 Å². The third-order valence-corrected chi connectivity index (χ3v) is 4.80. The lowest BCUT2D eigenvalue weighted by atomic mass is 9.73. The van der Waals surface area contributed by atoms with Crippen LogP contribution in [0.15, 0.2) is 29.4 Å². The van der Waals surface area contributed by atoms with Crippen molar-refractivity contribution < 1.29 is 0 Å². The van der Waals surface area contributed by atoms with Crippen molar-refractivity contribution in [2.45, 2.75) is 39.7 Å². The fourth-order valence-corrected chi connectivity index (χ4v) is 3.89. The minimum atomic E-state index is -0.312. The first kappa shape index (κ1) is 13.4. The van der Waals surface area contributed by atoms with Gasteiger partial charge in [-0.25, -0.2) is 0 Å². The molecule has 0 radical (unpaired) electrons. The largest absolute Gasteiger partial charge is 0.353 e. The molecule has 0 spiro atoms. The molecule has 2 heterocycles. The van der Waals surface area contributed by atoms with Crippen LogP contribution in [0.25, 0.3) is 21.8 Å². The zero-order valence-corrected chi connectivity index (χ0v) is 13.1. The summed E-state index contributed by atoms with van der Waals surface area (Å²) in [6.07, 6.45) is 1.67. The number of rotatable bonds is 1. The van der Waals surface area contributed by atoms with Crippen LogP contribution in [-0.2, 0) is 6.42 Å². The summed E-state index contributed by atoms with van der Waals surface area (Å²) < 4.78 is 0. The molecule has 0 bridgehead atoms. The fraction of sp³-hybridized carbons (Fsp3) is 0.389. The summed E-state index contributed by atoms with van der Waals surface area (Å²) in [5.74, 6) is 0. The standard InChI is InChI=1S/C18H19N3O/c1-10-17-15(11-6-4-5-7-12(11)20-17)16-13(19-10)8-18(2,3)9-14(16)21-22/h4-7,14,20H,8-9H2,1-3H3. The monoisotopic (exact) mass is 293 g/mol. The van der Waals surface area contributed by atoms with Gasteiger partial charge in [0.05, 0.1) is 11.2 Å². The molecule has 1 unspecified atom stereocenters. The van der Waals surface area contributed by atoms with Gasteiger partial charge >= 0.3 is 0 Å². The number of hydrogen-bond acceptors (Lipinski definition) is 3. The molecule has 4 heteroatoms. The van der Waals surface area contributed by atoms with Gasteiger partial charge < -0.3 is 4.98 Å². The highest BCUT2D eigenvalue weighted by Crippen LogP contribution is 2.46. The quantitative estimate of drug-likeness (QED) is 0.655. The van der Waals surface area contributed by atoms with Crippen LogP contribution < -0.4 is 0 Å². The molecule has 22 heavy (non-hydrogen) atoms. The highest BCUT2D eigenvalue weighted by atomic mass is 16.3. The van der Waals surface area contributed by atoms with E-state index >= 15 is 0 Å². The van der Waals surface area contributed by atoms with E-state index < -0.39 is 0 Å². The molecule has 0 saturated carbocycles. The van der Waals surface area contributed by atoms with Crippen molar-refractivity contribution in [1.82, 2.24) is 9.97 Å². The number of aromatic nitrogens is 2. The molecule has 4 nitrogen and oxygen atoms in total. The van der Waals surface area contributed by atoms with E-state index in [1.165, 1.54) is 0 Å². The predicted octanol–water partition coefficient (Wildman–Crippen LogP) is 4.80. The second kappa shape index (κ2) is 4.38. The van der Waals surface area contributed by atoms with Crippen molar-refractivity contribution in [2.24, 2.45) is 10.6 Å². The molecule has 2 aromatic heterocycles. The van der Waals surface area contributed by atoms with Crippen LogP contribution in [0.3, 0.4) is 0 Å². The van der Waals surface area contributed by atoms with Gasteiger partial charge in [0.25, 0.3) is 0 Å². The van der Waals surface area contributed by atoms with Gasteiger partial charge in [-0.1, -0.05) is 37.2 Å². The molecule has 1 atom stereocenters. The van der Waals surface area contributed by atoms with Gasteiger partial charge in [0.15, 0.2) is 0 Å². The van der Waals surface area contributed by atoms with Gasteiger partial charge in [0.2, 0.25) is 0 Å². The highest BCUT2D eigenvalue weighted by Gasteiger charge is 2.36. The molecule has 0 aliphatic heterocycles. The molecule has 0 saturated heterocycles. The molecule has 1 aromatic carbocycles. The lowest BCUT2D eigenvalue weighted by molar-refractivity contribution is 0.280. The van der Waals surface area contributed by atoms with Gasteiger partial charge in [-0.15, -0.1) is 0 Å². The summed E-state index contributed by atoms with van der Waals surface area (Å²) >= 11 is 0. The van der Waals surface area contributed by atoms with Crippen LogP contribution in [-0.4, -0.2) is 9.97 Å². The highest BCUT2D eigenvalue weighted by molar-refractivity contribution is 6.10. The average Bonchev–Trinajstić information content (AvgIpc) is 2.85. The summed E-state index contributed by atoms with van der Waals surface area (Å²) in [5.41, 5.74) is 5.25. The molecule has 112 valence electrons. The summed E-state index contributed by atoms with van der Waals surface area (Å²) in [5, 5.41) is 5.74. The van der Waals surface area contributed by atoms with Crippen molar-refractivity contribution >= 4 is 21.8 Å². The van der Waals surface area contributed by atoms with Crippen LogP contribution in [0, 0.1) is 17.2 Å². The Morgan fingerprint density at radius 1 is 1.32 bits per heavy atom. The fourth-order valence-electron chi connectivity index (χ4n) is 3.89. The minimum absolute atomic E-state index is 0.0603. The number of para-hydroxylation sites is 1. The number of nitroso groups, excluding NO2 is 1. The van der Waals surface area contributed by atoms with E-state index in [4.69, 9.17) is 4.98 Å². The Kier molecular flexibility index (Phi) is 2.68. The first-order chi connectivity index (χ1) is 10.5. The normalized spacial score (nSPS) is 20.2. The zero-order valence-electron chi connectivity index (χ0n) is 13.1. The van der Waals surface area contributed by atoms with Gasteiger partial charge in [0, 0.05) is 27.5 Å². The number of H-pyrrole nitrogens is 1. The van der Waals surface area contributed by atoms with Gasteiger partial charge in [-0.2, -0.15) is 4.91 Å². The van der Waals surface area contributed by atoms with E-state index in [1.807, 2.05) is 19.1 Å². The maximum Gasteiger partial charge on any atom is 0.120 e. The minimum Gasteiger partial charge on any atom is -0.353 e. The number of aryl methyl sites for hydroxylation is 1. The first-order valence-electron chi connectivity index (χ1n) is 7.72. The number of benzene rings is 1. The lowest BCUT2D eigenvalue weighted by Gasteiger charge is -2.33. The Morgan fingerprint density at radius 2 is 2.09 bits per heavy atom. The van der Waals surface area contributed by atoms with Crippen LogP contribution in [0.2, 0.25) is 0 Å². The van der Waals surface area contributed by atoms with E-state index in [0.29, 0.717) is 0 Å². The van der Waals surface area contributed by atoms with Crippen LogP contribution in [0.5, 0.6) is 0 Å². The Labute approximate surface area is 128 Å². The van der Waals surface area contributed by atoms with Gasteiger partial charge in [0.1, 0.15) is 6.04 Å². The summed E-state index contributed by atoms with van der Waals surface area (Å²) in [7, 11) is 0. The van der Waals surface area contributed by atoms with Crippen LogP contribution >= 0.6 is 0 Å². The van der Waals surface area contributed by atoms with Crippen molar-refractivity contribution in [3.05, 3.63) is 46.1 Å². The molecular formula is C18H19N3O. The zero-order chi connectivity index (χ0) is 15.5. The van der Waals surface area contributed by atoms with Crippen molar-refractivity contribution in [3.8, 4) is 0 Å². The first-order valence-corrected chi connectivity index (χ1v) is 7.72. The third kappa shape index (κ3) is 1.79. The SMILES string of the molecule is Cc1nc2c(c3c1[nH]c1ccccc13)C(N=O)CC(C)(C)C2. The van der Waals surface area contributed by atoms with Crippen molar-refractivity contribution in [1.29, 1.82) is 0 Å². The van der Waals surface area contributed by atoms with E-state index in [1.54, 1.807) is 0 Å². The Hall–Kier alpha value is -2.23. The van der Waals surface area contributed by atoms with Crippen molar-refractivity contribution in [3.63, 3.8) is 0 Å². The number of aromatic amines is 1. The Bertz CT molecular complexity index is 907. The molecule has 1 aliphatic rings. The number of nitrogens with one attached hydrogen (secondary N) is 1. The molecule has 4 rings (SSSR count). The van der Waals surface area contributed by atoms with E-state index in [2.05, 4.69) is 36.1 Å². The number of pyridine rings is 1. The molecular weight excluding hydrogens is 274 g/mol. The van der Waals surface area contributed by atoms with Crippen molar-refractivity contribution in [2.75, 3.05) is 0 Å². The van der Waals surface area contributed by atoms with Crippen LogP contribution in [0.1, 0.15) is 43.3 Å². The smallest absolute Gasteiger partial charge is 0.120 e. The summed E-state index contributed by atoms with van der Waals surface area (Å²) in [6.45, 7) is 6.40. The summed E-state index contributed by atoms with van der Waals surface area (Å²) in [6, 6.07) is 7.92. The average molecular weight is 293 g/mol. The van der Waals surface area contributed by atoms with E-state index in [9.17, 15) is 4.91 Å². The second-order valence-corrected chi connectivity index (χ2v) is 7.14. The molecule has 0 amide bonds. The Morgan fingerprint density at radius 3 is 2.86 bits per heavy atom. The van der Waals surface area contributed by atoms with E-state index in [0.717, 1.165) is 51.6 Å². The molecule has 1 N–H and O–H groups in total. The number of hydrogen-bond donors (Lipinski definition) is 1. The number of nitrogens with zero attached hydrogens (tertiary/aromatic N) is 2. The molecule has 1 aliphatic carbocycles. The van der Waals surface area contributed by atoms with E-state index in [-0.39, 0.29) is 11.5 Å².